The SMILES string of the molecule is Cc1ccc(C)c2c1C(=O)CC(C)S2=O. The minimum Gasteiger partial charge on any atom is -0.294 e. The number of Topliss-reactive ketones (excluding diaryl/α,β-unsaturated/α-hetero) is 1. The Kier molecular flexibility index (Phi) is 2.51. The molecule has 0 radical (unpaired) electrons. The van der Waals surface area contributed by atoms with E-state index in [9.17, 15) is 9.00 Å². The van der Waals surface area contributed by atoms with Gasteiger partial charge in [0.05, 0.1) is 15.7 Å². The highest BCUT2D eigenvalue weighted by molar-refractivity contribution is 7.86. The lowest BCUT2D eigenvalue weighted by atomic mass is 9.98. The van der Waals surface area contributed by atoms with Gasteiger partial charge in [-0.15, -0.1) is 0 Å². The summed E-state index contributed by atoms with van der Waals surface area (Å²) in [6.45, 7) is 5.70. The van der Waals surface area contributed by atoms with Crippen molar-refractivity contribution in [2.75, 3.05) is 0 Å². The fraction of sp³-hybridized carbons (Fsp3) is 0.417. The van der Waals surface area contributed by atoms with E-state index in [1.54, 1.807) is 0 Å². The highest BCUT2D eigenvalue weighted by atomic mass is 32.2. The van der Waals surface area contributed by atoms with Gasteiger partial charge in [-0.05, 0) is 25.0 Å². The number of ketones is 1. The molecule has 1 aliphatic heterocycles. The molecule has 0 bridgehead atoms. The van der Waals surface area contributed by atoms with Crippen LogP contribution in [0.3, 0.4) is 0 Å². The molecule has 80 valence electrons. The largest absolute Gasteiger partial charge is 0.294 e. The van der Waals surface area contributed by atoms with E-state index in [1.807, 2.05) is 32.9 Å². The monoisotopic (exact) mass is 222 g/mol. The molecule has 0 saturated heterocycles. The molecule has 2 nitrogen and oxygen atoms in total. The number of carbonyl (C=O) groups excluding carboxylic acids is 1. The van der Waals surface area contributed by atoms with E-state index in [4.69, 9.17) is 0 Å². The molecular weight excluding hydrogens is 208 g/mol. The average Bonchev–Trinajstić information content (AvgIpc) is 2.18. The van der Waals surface area contributed by atoms with Crippen LogP contribution in [-0.4, -0.2) is 15.2 Å². The van der Waals surface area contributed by atoms with Gasteiger partial charge in [-0.3, -0.25) is 9.00 Å². The second kappa shape index (κ2) is 3.56. The topological polar surface area (TPSA) is 34.1 Å². The van der Waals surface area contributed by atoms with Gasteiger partial charge >= 0.3 is 0 Å². The molecule has 2 atom stereocenters. The van der Waals surface area contributed by atoms with Crippen LogP contribution < -0.4 is 0 Å². The van der Waals surface area contributed by atoms with Crippen LogP contribution in [0.15, 0.2) is 17.0 Å². The number of hydrogen-bond acceptors (Lipinski definition) is 2. The molecular formula is C12H14O2S. The van der Waals surface area contributed by atoms with E-state index < -0.39 is 10.8 Å². The average molecular weight is 222 g/mol. The molecule has 0 saturated carbocycles. The van der Waals surface area contributed by atoms with E-state index in [0.29, 0.717) is 12.0 Å². The summed E-state index contributed by atoms with van der Waals surface area (Å²) in [5.74, 6) is 0.137. The van der Waals surface area contributed by atoms with Crippen LogP contribution in [0.4, 0.5) is 0 Å². The summed E-state index contributed by atoms with van der Waals surface area (Å²) in [6, 6.07) is 3.87. The maximum absolute atomic E-state index is 12.1. The van der Waals surface area contributed by atoms with Crippen molar-refractivity contribution in [3.63, 3.8) is 0 Å². The number of hydrogen-bond donors (Lipinski definition) is 0. The zero-order valence-corrected chi connectivity index (χ0v) is 9.98. The molecule has 1 aromatic carbocycles. The number of rotatable bonds is 0. The van der Waals surface area contributed by atoms with Gasteiger partial charge in [0.2, 0.25) is 0 Å². The number of benzene rings is 1. The van der Waals surface area contributed by atoms with Gasteiger partial charge < -0.3 is 0 Å². The first kappa shape index (κ1) is 10.6. The molecule has 3 heteroatoms. The zero-order valence-electron chi connectivity index (χ0n) is 9.16. The first-order valence-corrected chi connectivity index (χ1v) is 6.27. The zero-order chi connectivity index (χ0) is 11.2. The quantitative estimate of drug-likeness (QED) is 0.675. The third-order valence-corrected chi connectivity index (χ3v) is 4.71. The molecule has 0 aliphatic carbocycles. The van der Waals surface area contributed by atoms with E-state index in [2.05, 4.69) is 0 Å². The molecule has 1 aliphatic rings. The van der Waals surface area contributed by atoms with Gasteiger partial charge in [-0.1, -0.05) is 19.1 Å². The summed E-state index contributed by atoms with van der Waals surface area (Å²) in [5, 5.41) is -0.0505. The maximum Gasteiger partial charge on any atom is 0.165 e. The van der Waals surface area contributed by atoms with Crippen molar-refractivity contribution in [3.05, 3.63) is 28.8 Å². The lowest BCUT2D eigenvalue weighted by molar-refractivity contribution is 0.0976. The number of aryl methyl sites for hydroxylation is 2. The Morgan fingerprint density at radius 3 is 2.53 bits per heavy atom. The minimum atomic E-state index is -1.02. The van der Waals surface area contributed by atoms with Gasteiger partial charge in [0, 0.05) is 17.2 Å². The van der Waals surface area contributed by atoms with Crippen molar-refractivity contribution >= 4 is 16.6 Å². The summed E-state index contributed by atoms with van der Waals surface area (Å²) in [5.41, 5.74) is 2.61. The van der Waals surface area contributed by atoms with Crippen LogP contribution >= 0.6 is 0 Å². The molecule has 0 amide bonds. The fourth-order valence-electron chi connectivity index (χ4n) is 2.03. The first-order valence-electron chi connectivity index (χ1n) is 5.06. The predicted octanol–water partition coefficient (Wildman–Crippen LogP) is 2.39. The van der Waals surface area contributed by atoms with E-state index in [-0.39, 0.29) is 11.0 Å². The highest BCUT2D eigenvalue weighted by Gasteiger charge is 2.30. The Bertz CT molecular complexity index is 463. The van der Waals surface area contributed by atoms with Crippen LogP contribution in [0, 0.1) is 13.8 Å². The lowest BCUT2D eigenvalue weighted by Gasteiger charge is -2.23. The van der Waals surface area contributed by atoms with Gasteiger partial charge in [0.15, 0.2) is 5.78 Å². The first-order chi connectivity index (χ1) is 7.02. The van der Waals surface area contributed by atoms with Gasteiger partial charge in [0.1, 0.15) is 0 Å². The minimum absolute atomic E-state index is 0.0505. The predicted molar refractivity (Wildman–Crippen MR) is 60.7 cm³/mol. The smallest absolute Gasteiger partial charge is 0.165 e. The van der Waals surface area contributed by atoms with Crippen LogP contribution in [0.1, 0.15) is 34.8 Å². The second-order valence-electron chi connectivity index (χ2n) is 4.14. The van der Waals surface area contributed by atoms with Crippen molar-refractivity contribution in [1.29, 1.82) is 0 Å². The molecule has 0 fully saturated rings. The van der Waals surface area contributed by atoms with E-state index in [0.717, 1.165) is 16.0 Å². The summed E-state index contributed by atoms with van der Waals surface area (Å²) in [7, 11) is -1.02. The normalized spacial score (nSPS) is 25.1. The Labute approximate surface area is 92.2 Å². The molecule has 15 heavy (non-hydrogen) atoms. The van der Waals surface area contributed by atoms with Crippen molar-refractivity contribution in [1.82, 2.24) is 0 Å². The Morgan fingerprint density at radius 2 is 1.87 bits per heavy atom. The molecule has 1 aromatic rings. The number of fused-ring (bicyclic) bond motifs is 1. The summed E-state index contributed by atoms with van der Waals surface area (Å²) in [6.07, 6.45) is 0.407. The maximum atomic E-state index is 12.1. The highest BCUT2D eigenvalue weighted by Crippen LogP contribution is 2.31. The molecule has 0 spiro atoms. The third-order valence-electron chi connectivity index (χ3n) is 2.88. The molecule has 0 N–H and O–H groups in total. The van der Waals surface area contributed by atoms with Crippen LogP contribution in [0.25, 0.3) is 0 Å². The van der Waals surface area contributed by atoms with Gasteiger partial charge in [0.25, 0.3) is 0 Å². The van der Waals surface area contributed by atoms with Gasteiger partial charge in [-0.25, -0.2) is 0 Å². The van der Waals surface area contributed by atoms with Crippen LogP contribution in [0.5, 0.6) is 0 Å². The van der Waals surface area contributed by atoms with Crippen LogP contribution in [0.2, 0.25) is 0 Å². The van der Waals surface area contributed by atoms with Crippen molar-refractivity contribution in [2.24, 2.45) is 0 Å². The van der Waals surface area contributed by atoms with Crippen molar-refractivity contribution in [3.8, 4) is 0 Å². The van der Waals surface area contributed by atoms with Crippen molar-refractivity contribution < 1.29 is 9.00 Å². The number of carbonyl (C=O) groups is 1. The Balaban J connectivity index is 2.75. The summed E-state index contributed by atoms with van der Waals surface area (Å²) >= 11 is 0. The Morgan fingerprint density at radius 1 is 1.27 bits per heavy atom. The Hall–Kier alpha value is -0.960. The molecule has 1 heterocycles. The van der Waals surface area contributed by atoms with E-state index >= 15 is 0 Å². The second-order valence-corrected chi connectivity index (χ2v) is 5.95. The third kappa shape index (κ3) is 1.55. The summed E-state index contributed by atoms with van der Waals surface area (Å²) < 4.78 is 12.1. The molecule has 2 rings (SSSR count). The lowest BCUT2D eigenvalue weighted by Crippen LogP contribution is -2.26. The summed E-state index contributed by atoms with van der Waals surface area (Å²) in [4.78, 5) is 12.6. The standard InChI is InChI=1S/C12H14O2S/c1-7-4-5-8(2)12-11(7)10(13)6-9(3)15(12)14/h4-5,9H,6H2,1-3H3. The molecule has 0 aromatic heterocycles. The van der Waals surface area contributed by atoms with Crippen molar-refractivity contribution in [2.45, 2.75) is 37.3 Å². The fourth-order valence-corrected chi connectivity index (χ4v) is 3.60. The molecule has 2 unspecified atom stereocenters. The van der Waals surface area contributed by atoms with Crippen LogP contribution in [-0.2, 0) is 10.8 Å². The van der Waals surface area contributed by atoms with Gasteiger partial charge in [-0.2, -0.15) is 0 Å². The van der Waals surface area contributed by atoms with E-state index in [1.165, 1.54) is 0 Å².